The number of rotatable bonds is 0. The van der Waals surface area contributed by atoms with Crippen LogP contribution in [0.4, 0.5) is 17.6 Å². The number of benzene rings is 1. The number of nitrogens with one attached hydrogen (secondary N) is 1. The monoisotopic (exact) mass is 282 g/mol. The molecular weight excluding hydrogens is 280 g/mol. The maximum Gasteiger partial charge on any atom is 0.421 e. The van der Waals surface area contributed by atoms with Crippen LogP contribution in [0.3, 0.4) is 0 Å². The van der Waals surface area contributed by atoms with E-state index in [2.05, 4.69) is 25.9 Å². The lowest BCUT2D eigenvalue weighted by Gasteiger charge is -2.09. The zero-order valence-corrected chi connectivity index (χ0v) is 8.58. The summed E-state index contributed by atoms with van der Waals surface area (Å²) in [5, 5.41) is 0. The minimum atomic E-state index is -4.74. The zero-order chi connectivity index (χ0) is 11.2. The summed E-state index contributed by atoms with van der Waals surface area (Å²) in [7, 11) is 0. The summed E-state index contributed by atoms with van der Waals surface area (Å²) in [6.07, 6.45) is -3.65. The summed E-state index contributed by atoms with van der Waals surface area (Å²) >= 11 is 2.94. The van der Waals surface area contributed by atoms with Gasteiger partial charge in [0.2, 0.25) is 0 Å². The molecule has 0 bridgehead atoms. The third-order valence-corrected chi connectivity index (χ3v) is 2.50. The van der Waals surface area contributed by atoms with Gasteiger partial charge >= 0.3 is 6.18 Å². The number of hydrogen-bond donors (Lipinski definition) is 1. The van der Waals surface area contributed by atoms with E-state index >= 15 is 0 Å². The molecule has 0 aliphatic rings. The fourth-order valence-corrected chi connectivity index (χ4v) is 1.82. The predicted octanol–water partition coefficient (Wildman–Crippen LogP) is 3.48. The lowest BCUT2D eigenvalue weighted by atomic mass is 10.1. The van der Waals surface area contributed by atoms with Crippen LogP contribution in [0.25, 0.3) is 11.0 Å². The van der Waals surface area contributed by atoms with E-state index < -0.39 is 17.6 Å². The molecule has 0 unspecified atom stereocenters. The first-order chi connectivity index (χ1) is 6.91. The Hall–Kier alpha value is -1.11. The molecule has 0 amide bonds. The highest BCUT2D eigenvalue weighted by atomic mass is 79.9. The zero-order valence-electron chi connectivity index (χ0n) is 6.99. The molecule has 0 saturated heterocycles. The van der Waals surface area contributed by atoms with Crippen molar-refractivity contribution in [2.45, 2.75) is 6.18 Å². The van der Waals surface area contributed by atoms with Gasteiger partial charge in [0, 0.05) is 4.47 Å². The largest absolute Gasteiger partial charge is 0.421 e. The molecule has 0 spiro atoms. The Labute approximate surface area is 89.4 Å². The van der Waals surface area contributed by atoms with Gasteiger partial charge in [-0.25, -0.2) is 9.37 Å². The lowest BCUT2D eigenvalue weighted by molar-refractivity contribution is -0.138. The van der Waals surface area contributed by atoms with Crippen molar-refractivity contribution in [3.05, 3.63) is 28.2 Å². The Morgan fingerprint density at radius 2 is 2.00 bits per heavy atom. The normalized spacial score (nSPS) is 12.3. The van der Waals surface area contributed by atoms with Crippen LogP contribution in [0.2, 0.25) is 0 Å². The van der Waals surface area contributed by atoms with Gasteiger partial charge in [-0.2, -0.15) is 13.2 Å². The second-order valence-corrected chi connectivity index (χ2v) is 3.69. The molecule has 1 aromatic heterocycles. The van der Waals surface area contributed by atoms with E-state index in [9.17, 15) is 17.6 Å². The summed E-state index contributed by atoms with van der Waals surface area (Å²) in [5.41, 5.74) is -1.61. The molecule has 0 aliphatic heterocycles. The molecule has 1 aromatic carbocycles. The fraction of sp³-hybridized carbons (Fsp3) is 0.125. The van der Waals surface area contributed by atoms with Gasteiger partial charge in [-0.1, -0.05) is 0 Å². The third kappa shape index (κ3) is 1.60. The van der Waals surface area contributed by atoms with E-state index in [0.29, 0.717) is 0 Å². The molecule has 15 heavy (non-hydrogen) atoms. The van der Waals surface area contributed by atoms with Crippen molar-refractivity contribution in [2.24, 2.45) is 0 Å². The topological polar surface area (TPSA) is 28.7 Å². The highest BCUT2D eigenvalue weighted by Gasteiger charge is 2.37. The Balaban J connectivity index is 2.89. The van der Waals surface area contributed by atoms with E-state index in [1.165, 1.54) is 0 Å². The SMILES string of the molecule is Fc1cc(Br)c2nc[nH]c2c1C(F)(F)F. The van der Waals surface area contributed by atoms with E-state index in [0.717, 1.165) is 12.4 Å². The molecule has 0 radical (unpaired) electrons. The summed E-state index contributed by atoms with van der Waals surface area (Å²) in [5.74, 6) is -1.33. The van der Waals surface area contributed by atoms with E-state index in [-0.39, 0.29) is 15.5 Å². The number of imidazole rings is 1. The Morgan fingerprint density at radius 3 is 2.60 bits per heavy atom. The molecule has 2 aromatic rings. The van der Waals surface area contributed by atoms with E-state index in [4.69, 9.17) is 0 Å². The molecule has 0 aliphatic carbocycles. The number of nitrogens with zero attached hydrogens (tertiary/aromatic N) is 1. The van der Waals surface area contributed by atoms with Gasteiger partial charge in [-0.05, 0) is 22.0 Å². The Bertz CT molecular complexity index is 517. The van der Waals surface area contributed by atoms with Crippen LogP contribution in [0.15, 0.2) is 16.9 Å². The number of aromatic nitrogens is 2. The van der Waals surface area contributed by atoms with Gasteiger partial charge in [0.05, 0.1) is 11.8 Å². The van der Waals surface area contributed by atoms with Crippen LogP contribution in [0.1, 0.15) is 5.56 Å². The summed E-state index contributed by atoms with van der Waals surface area (Å²) in [6, 6.07) is 0.756. The molecule has 80 valence electrons. The molecule has 1 heterocycles. The first-order valence-corrected chi connectivity index (χ1v) is 4.59. The number of fused-ring (bicyclic) bond motifs is 1. The average Bonchev–Trinajstić information content (AvgIpc) is 2.49. The standard InChI is InChI=1S/C8H3BrF4N2/c9-3-1-4(10)5(8(11,12)13)7-6(3)14-2-15-7/h1-2H,(H,14,15). The van der Waals surface area contributed by atoms with Crippen molar-refractivity contribution in [1.82, 2.24) is 9.97 Å². The van der Waals surface area contributed by atoms with Crippen LogP contribution >= 0.6 is 15.9 Å². The van der Waals surface area contributed by atoms with Crippen LogP contribution in [-0.4, -0.2) is 9.97 Å². The lowest BCUT2D eigenvalue weighted by Crippen LogP contribution is -2.09. The number of aromatic amines is 1. The second-order valence-electron chi connectivity index (χ2n) is 2.84. The highest BCUT2D eigenvalue weighted by Crippen LogP contribution is 2.37. The van der Waals surface area contributed by atoms with Crippen molar-refractivity contribution in [3.8, 4) is 0 Å². The predicted molar refractivity (Wildman–Crippen MR) is 48.8 cm³/mol. The van der Waals surface area contributed by atoms with Gasteiger partial charge in [0.25, 0.3) is 0 Å². The minimum Gasteiger partial charge on any atom is -0.344 e. The average molecular weight is 283 g/mol. The minimum absolute atomic E-state index is 0.0590. The summed E-state index contributed by atoms with van der Waals surface area (Å²) < 4.78 is 50.8. The molecule has 7 heteroatoms. The number of halogens is 5. The van der Waals surface area contributed by atoms with Gasteiger partial charge in [-0.15, -0.1) is 0 Å². The molecule has 1 N–H and O–H groups in total. The van der Waals surface area contributed by atoms with Crippen LogP contribution in [-0.2, 0) is 6.18 Å². The second kappa shape index (κ2) is 3.19. The summed E-state index contributed by atoms with van der Waals surface area (Å²) in [6.45, 7) is 0. The molecular formula is C8H3BrF4N2. The maximum absolute atomic E-state index is 13.2. The Kier molecular flexibility index (Phi) is 2.22. The van der Waals surface area contributed by atoms with Crippen LogP contribution < -0.4 is 0 Å². The van der Waals surface area contributed by atoms with Crippen LogP contribution in [0.5, 0.6) is 0 Å². The van der Waals surface area contributed by atoms with Crippen molar-refractivity contribution in [2.75, 3.05) is 0 Å². The molecule has 0 atom stereocenters. The van der Waals surface area contributed by atoms with Gasteiger partial charge in [0.15, 0.2) is 0 Å². The summed E-state index contributed by atoms with van der Waals surface area (Å²) in [4.78, 5) is 5.94. The smallest absolute Gasteiger partial charge is 0.344 e. The fourth-order valence-electron chi connectivity index (χ4n) is 1.31. The van der Waals surface area contributed by atoms with Crippen molar-refractivity contribution in [3.63, 3.8) is 0 Å². The molecule has 0 fully saturated rings. The molecule has 2 nitrogen and oxygen atoms in total. The molecule has 2 rings (SSSR count). The first kappa shape index (κ1) is 10.4. The van der Waals surface area contributed by atoms with Gasteiger partial charge in [0.1, 0.15) is 16.9 Å². The number of alkyl halides is 3. The first-order valence-electron chi connectivity index (χ1n) is 3.79. The van der Waals surface area contributed by atoms with Crippen LogP contribution in [0, 0.1) is 5.82 Å². The quantitative estimate of drug-likeness (QED) is 0.737. The Morgan fingerprint density at radius 1 is 1.33 bits per heavy atom. The maximum atomic E-state index is 13.2. The third-order valence-electron chi connectivity index (χ3n) is 1.89. The van der Waals surface area contributed by atoms with Crippen molar-refractivity contribution >= 4 is 27.0 Å². The van der Waals surface area contributed by atoms with Gasteiger partial charge < -0.3 is 4.98 Å². The van der Waals surface area contributed by atoms with E-state index in [1.807, 2.05) is 0 Å². The van der Waals surface area contributed by atoms with Crippen molar-refractivity contribution in [1.29, 1.82) is 0 Å². The highest BCUT2D eigenvalue weighted by molar-refractivity contribution is 9.10. The van der Waals surface area contributed by atoms with Gasteiger partial charge in [-0.3, -0.25) is 0 Å². The van der Waals surface area contributed by atoms with E-state index in [1.54, 1.807) is 0 Å². The number of H-pyrrole nitrogens is 1. The van der Waals surface area contributed by atoms with Crippen molar-refractivity contribution < 1.29 is 17.6 Å². The number of hydrogen-bond acceptors (Lipinski definition) is 1. The molecule has 0 saturated carbocycles.